The number of alkyl halides is 3. The van der Waals surface area contributed by atoms with Gasteiger partial charge in [0, 0.05) is 36.4 Å². The second kappa shape index (κ2) is 8.12. The number of rotatable bonds is 3. The summed E-state index contributed by atoms with van der Waals surface area (Å²) in [6.07, 6.45) is -4.23. The van der Waals surface area contributed by atoms with Crippen LogP contribution in [-0.4, -0.2) is 49.2 Å². The van der Waals surface area contributed by atoms with E-state index in [0.29, 0.717) is 24.9 Å². The van der Waals surface area contributed by atoms with Crippen LogP contribution in [0.4, 0.5) is 30.2 Å². The Kier molecular flexibility index (Phi) is 5.62. The number of hydrogen-bond acceptors (Lipinski definition) is 5. The molecule has 1 fully saturated rings. The molecule has 2 N–H and O–H groups in total. The minimum atomic E-state index is -4.92. The van der Waals surface area contributed by atoms with Gasteiger partial charge in [0.15, 0.2) is 5.78 Å². The van der Waals surface area contributed by atoms with Crippen molar-refractivity contribution in [2.75, 3.05) is 30.0 Å². The highest BCUT2D eigenvalue weighted by Crippen LogP contribution is 2.49. The maximum Gasteiger partial charge on any atom is 0.471 e. The van der Waals surface area contributed by atoms with Gasteiger partial charge >= 0.3 is 12.1 Å². The van der Waals surface area contributed by atoms with E-state index < -0.39 is 24.7 Å². The molecular formula is C23H24F3N3O3. The van der Waals surface area contributed by atoms with Crippen molar-refractivity contribution < 1.29 is 27.9 Å². The Hall–Kier alpha value is -3.07. The molecule has 170 valence electrons. The van der Waals surface area contributed by atoms with Crippen LogP contribution in [0.2, 0.25) is 0 Å². The number of fused-ring (bicyclic) bond motifs is 5. The molecule has 0 unspecified atom stereocenters. The van der Waals surface area contributed by atoms with Gasteiger partial charge in [-0.25, -0.2) is 0 Å². The highest BCUT2D eigenvalue weighted by Gasteiger charge is 2.42. The summed E-state index contributed by atoms with van der Waals surface area (Å²) in [5.74, 6) is -2.31. The van der Waals surface area contributed by atoms with Gasteiger partial charge in [-0.1, -0.05) is 12.1 Å². The number of benzene rings is 2. The summed E-state index contributed by atoms with van der Waals surface area (Å²) >= 11 is 0. The van der Waals surface area contributed by atoms with Gasteiger partial charge in [0.2, 0.25) is 0 Å². The minimum Gasteiger partial charge on any atom is -0.388 e. The molecule has 1 amide bonds. The third-order valence-electron chi connectivity index (χ3n) is 6.30. The summed E-state index contributed by atoms with van der Waals surface area (Å²) < 4.78 is 38.4. The Morgan fingerprint density at radius 2 is 1.91 bits per heavy atom. The zero-order chi connectivity index (χ0) is 23.2. The van der Waals surface area contributed by atoms with Crippen LogP contribution in [0.15, 0.2) is 36.4 Å². The fourth-order valence-corrected chi connectivity index (χ4v) is 4.75. The molecule has 0 aromatic heterocycles. The SMILES string of the molecule is Cc1cccc2c1[C@H]1C[C@@H](NC(=O)C(F)(F)F)CCN1c1ccc(C(=O)CO)cc1N2C. The number of anilines is 3. The van der Waals surface area contributed by atoms with E-state index in [1.54, 1.807) is 12.1 Å². The number of nitrogens with one attached hydrogen (secondary N) is 1. The number of carbonyl (C=O) groups excluding carboxylic acids is 2. The number of nitrogens with zero attached hydrogens (tertiary/aromatic N) is 2. The zero-order valence-corrected chi connectivity index (χ0v) is 17.7. The first kappa shape index (κ1) is 22.1. The molecule has 2 aliphatic heterocycles. The third-order valence-corrected chi connectivity index (χ3v) is 6.30. The number of aliphatic hydroxyl groups is 1. The van der Waals surface area contributed by atoms with Crippen LogP contribution < -0.4 is 15.1 Å². The van der Waals surface area contributed by atoms with Gasteiger partial charge in [0.25, 0.3) is 0 Å². The van der Waals surface area contributed by atoms with Crippen LogP contribution in [-0.2, 0) is 4.79 Å². The van der Waals surface area contributed by atoms with Gasteiger partial charge in [-0.2, -0.15) is 13.2 Å². The Bertz CT molecular complexity index is 1070. The molecule has 6 nitrogen and oxygen atoms in total. The molecule has 2 aromatic carbocycles. The number of ketones is 1. The first-order valence-corrected chi connectivity index (χ1v) is 10.4. The maximum absolute atomic E-state index is 12.8. The topological polar surface area (TPSA) is 72.9 Å². The van der Waals surface area contributed by atoms with E-state index in [0.717, 1.165) is 28.2 Å². The van der Waals surface area contributed by atoms with Gasteiger partial charge < -0.3 is 20.2 Å². The third kappa shape index (κ3) is 3.81. The smallest absolute Gasteiger partial charge is 0.388 e. The molecule has 2 aliphatic rings. The second-order valence-corrected chi connectivity index (χ2v) is 8.25. The zero-order valence-electron chi connectivity index (χ0n) is 17.7. The fourth-order valence-electron chi connectivity index (χ4n) is 4.75. The lowest BCUT2D eigenvalue weighted by Gasteiger charge is -2.41. The predicted octanol–water partition coefficient (Wildman–Crippen LogP) is 3.64. The first-order valence-electron chi connectivity index (χ1n) is 10.4. The Labute approximate surface area is 183 Å². The lowest BCUT2D eigenvalue weighted by Crippen LogP contribution is -2.49. The Morgan fingerprint density at radius 3 is 2.59 bits per heavy atom. The van der Waals surface area contributed by atoms with Gasteiger partial charge in [-0.05, 0) is 49.6 Å². The molecule has 0 aliphatic carbocycles. The molecule has 4 rings (SSSR count). The van der Waals surface area contributed by atoms with Gasteiger partial charge in [0.05, 0.1) is 17.4 Å². The minimum absolute atomic E-state index is 0.249. The van der Waals surface area contributed by atoms with Crippen LogP contribution >= 0.6 is 0 Å². The monoisotopic (exact) mass is 447 g/mol. The molecule has 0 spiro atoms. The summed E-state index contributed by atoms with van der Waals surface area (Å²) in [7, 11) is 1.88. The largest absolute Gasteiger partial charge is 0.471 e. The number of carbonyl (C=O) groups is 2. The molecule has 0 radical (unpaired) electrons. The van der Waals surface area contributed by atoms with E-state index in [9.17, 15) is 27.9 Å². The number of piperidine rings is 1. The normalized spacial score (nSPS) is 20.1. The van der Waals surface area contributed by atoms with E-state index in [4.69, 9.17) is 0 Å². The predicted molar refractivity (Wildman–Crippen MR) is 114 cm³/mol. The van der Waals surface area contributed by atoms with E-state index in [-0.39, 0.29) is 11.8 Å². The highest BCUT2D eigenvalue weighted by molar-refractivity contribution is 5.99. The highest BCUT2D eigenvalue weighted by atomic mass is 19.4. The van der Waals surface area contributed by atoms with Crippen LogP contribution in [0.1, 0.15) is 40.4 Å². The van der Waals surface area contributed by atoms with Crippen LogP contribution in [0.5, 0.6) is 0 Å². The number of aryl methyl sites for hydroxylation is 1. The first-order chi connectivity index (χ1) is 15.1. The van der Waals surface area contributed by atoms with Crippen molar-refractivity contribution in [2.45, 2.75) is 38.0 Å². The summed E-state index contributed by atoms with van der Waals surface area (Å²) in [5.41, 5.74) is 4.87. The second-order valence-electron chi connectivity index (χ2n) is 8.25. The molecule has 32 heavy (non-hydrogen) atoms. The van der Waals surface area contributed by atoms with Crippen LogP contribution in [0.25, 0.3) is 0 Å². The van der Waals surface area contributed by atoms with Crippen molar-refractivity contribution >= 4 is 28.8 Å². The van der Waals surface area contributed by atoms with Crippen molar-refractivity contribution in [3.63, 3.8) is 0 Å². The molecular weight excluding hydrogens is 423 g/mol. The molecule has 2 heterocycles. The summed E-state index contributed by atoms with van der Waals surface area (Å²) in [6, 6.07) is 10.2. The number of amides is 1. The molecule has 0 bridgehead atoms. The standard InChI is InChI=1S/C23H24F3N3O3/c1-13-4-3-5-17-21(13)19-11-15(27-22(32)23(24,25)26)8-9-29(19)16-7-6-14(20(31)12-30)10-18(16)28(17)2/h3-7,10,15,19,30H,8-9,11-12H2,1-2H3,(H,27,32)/t15-,19+/m0/s1. The van der Waals surface area contributed by atoms with E-state index in [1.165, 1.54) is 0 Å². The average molecular weight is 447 g/mol. The molecule has 2 aromatic rings. The van der Waals surface area contributed by atoms with Crippen molar-refractivity contribution in [3.05, 3.63) is 53.1 Å². The molecule has 1 saturated heterocycles. The van der Waals surface area contributed by atoms with Crippen LogP contribution in [0, 0.1) is 6.92 Å². The van der Waals surface area contributed by atoms with Crippen LogP contribution in [0.3, 0.4) is 0 Å². The average Bonchev–Trinajstić information content (AvgIpc) is 2.86. The van der Waals surface area contributed by atoms with E-state index in [1.807, 2.05) is 43.1 Å². The quantitative estimate of drug-likeness (QED) is 0.703. The van der Waals surface area contributed by atoms with Crippen molar-refractivity contribution in [1.29, 1.82) is 0 Å². The van der Waals surface area contributed by atoms with Crippen molar-refractivity contribution in [3.8, 4) is 0 Å². The lowest BCUT2D eigenvalue weighted by atomic mass is 9.88. The van der Waals surface area contributed by atoms with E-state index in [2.05, 4.69) is 10.2 Å². The van der Waals surface area contributed by atoms with E-state index >= 15 is 0 Å². The van der Waals surface area contributed by atoms with Gasteiger partial charge in [-0.3, -0.25) is 9.59 Å². The van der Waals surface area contributed by atoms with Gasteiger partial charge in [0.1, 0.15) is 6.61 Å². The number of hydrogen-bond donors (Lipinski definition) is 2. The summed E-state index contributed by atoms with van der Waals surface area (Å²) in [6.45, 7) is 1.81. The molecule has 0 saturated carbocycles. The number of aliphatic hydroxyl groups excluding tert-OH is 1. The Morgan fingerprint density at radius 1 is 1.16 bits per heavy atom. The lowest BCUT2D eigenvalue weighted by molar-refractivity contribution is -0.174. The maximum atomic E-state index is 12.8. The summed E-state index contributed by atoms with van der Waals surface area (Å²) in [5, 5.41) is 11.4. The summed E-state index contributed by atoms with van der Waals surface area (Å²) in [4.78, 5) is 27.7. The fraction of sp³-hybridized carbons (Fsp3) is 0.391. The number of Topliss-reactive ketones (excluding diaryl/α,β-unsaturated/α-hetero) is 1. The van der Waals surface area contributed by atoms with Crippen molar-refractivity contribution in [1.82, 2.24) is 5.32 Å². The van der Waals surface area contributed by atoms with Gasteiger partial charge in [-0.15, -0.1) is 0 Å². The molecule has 2 atom stereocenters. The van der Waals surface area contributed by atoms with Crippen molar-refractivity contribution in [2.24, 2.45) is 0 Å². The molecule has 9 heteroatoms. The number of halogens is 3. The Balaban J connectivity index is 1.79.